The second-order valence-corrected chi connectivity index (χ2v) is 7.57. The monoisotopic (exact) mass is 391 g/mol. The summed E-state index contributed by atoms with van der Waals surface area (Å²) in [6, 6.07) is 7.20. The van der Waals surface area contributed by atoms with E-state index in [1.165, 1.54) is 23.5 Å². The maximum atomic E-state index is 12.7. The number of hydrogen-bond acceptors (Lipinski definition) is 6. The number of amides is 1. The van der Waals surface area contributed by atoms with Crippen molar-refractivity contribution in [1.29, 1.82) is 0 Å². The summed E-state index contributed by atoms with van der Waals surface area (Å²) in [5.74, 6) is -2.99. The number of carboxylic acid groups (broad SMARTS) is 2. The van der Waals surface area contributed by atoms with Gasteiger partial charge in [-0.1, -0.05) is 30.0 Å². The van der Waals surface area contributed by atoms with Crippen LogP contribution in [0.3, 0.4) is 0 Å². The zero-order valence-corrected chi connectivity index (χ0v) is 14.8. The van der Waals surface area contributed by atoms with E-state index in [4.69, 9.17) is 22.4 Å². The topological polar surface area (TPSA) is 94.9 Å². The summed E-state index contributed by atoms with van der Waals surface area (Å²) < 4.78 is 0.215. The predicted molar refractivity (Wildman–Crippen MR) is 100 cm³/mol. The van der Waals surface area contributed by atoms with Crippen molar-refractivity contribution < 1.29 is 24.6 Å². The molecule has 2 aromatic rings. The summed E-state index contributed by atoms with van der Waals surface area (Å²) in [4.78, 5) is 37.6. The van der Waals surface area contributed by atoms with E-state index in [1.807, 2.05) is 17.5 Å². The Bertz CT molecular complexity index is 901. The summed E-state index contributed by atoms with van der Waals surface area (Å²) in [7, 11) is 0. The van der Waals surface area contributed by atoms with Gasteiger partial charge in [0.1, 0.15) is 0 Å². The van der Waals surface area contributed by atoms with E-state index in [0.29, 0.717) is 4.91 Å². The number of thiocarbonyl (C=S) groups is 1. The Balaban J connectivity index is 2.04. The molecule has 0 unspecified atom stereocenters. The molecule has 1 aliphatic heterocycles. The van der Waals surface area contributed by atoms with Crippen molar-refractivity contribution in [3.8, 4) is 0 Å². The number of aromatic carboxylic acids is 2. The lowest BCUT2D eigenvalue weighted by molar-refractivity contribution is -0.113. The standard InChI is InChI=1S/C16H9NO5S3/c18-13-12(7-11-2-1-3-24-11)25-16(23)17(13)10-5-8(14(19)20)4-9(6-10)15(21)22/h1-7H,(H,19,20)(H,21,22)/b12-7-. The van der Waals surface area contributed by atoms with Crippen molar-refractivity contribution in [1.82, 2.24) is 0 Å². The van der Waals surface area contributed by atoms with Crippen molar-refractivity contribution in [2.45, 2.75) is 0 Å². The third kappa shape index (κ3) is 3.48. The Morgan fingerprint density at radius 1 is 1.12 bits per heavy atom. The van der Waals surface area contributed by atoms with Crippen LogP contribution < -0.4 is 4.90 Å². The summed E-state index contributed by atoms with van der Waals surface area (Å²) in [5.41, 5.74) is -0.341. The molecule has 6 nitrogen and oxygen atoms in total. The van der Waals surface area contributed by atoms with Crippen molar-refractivity contribution in [2.24, 2.45) is 0 Å². The number of carbonyl (C=O) groups excluding carboxylic acids is 1. The smallest absolute Gasteiger partial charge is 0.335 e. The van der Waals surface area contributed by atoms with Crippen LogP contribution in [0.2, 0.25) is 0 Å². The van der Waals surface area contributed by atoms with Gasteiger partial charge in [-0.25, -0.2) is 9.59 Å². The highest BCUT2D eigenvalue weighted by molar-refractivity contribution is 8.27. The van der Waals surface area contributed by atoms with Gasteiger partial charge in [0, 0.05) is 4.88 Å². The van der Waals surface area contributed by atoms with Gasteiger partial charge in [0.05, 0.1) is 21.7 Å². The maximum absolute atomic E-state index is 12.7. The normalized spacial score (nSPS) is 15.8. The van der Waals surface area contributed by atoms with Crippen LogP contribution in [0.15, 0.2) is 40.6 Å². The van der Waals surface area contributed by atoms with E-state index in [1.54, 1.807) is 6.08 Å². The molecule has 1 saturated heterocycles. The molecule has 1 aliphatic rings. The Labute approximate surface area is 155 Å². The van der Waals surface area contributed by atoms with Gasteiger partial charge in [0.2, 0.25) is 0 Å². The van der Waals surface area contributed by atoms with Gasteiger partial charge in [0.15, 0.2) is 4.32 Å². The number of carboxylic acids is 2. The first kappa shape index (κ1) is 17.3. The Morgan fingerprint density at radius 2 is 1.76 bits per heavy atom. The van der Waals surface area contributed by atoms with Crippen molar-refractivity contribution in [3.63, 3.8) is 0 Å². The van der Waals surface area contributed by atoms with E-state index in [9.17, 15) is 14.4 Å². The molecule has 1 aromatic heterocycles. The molecule has 0 bridgehead atoms. The highest BCUT2D eigenvalue weighted by atomic mass is 32.2. The molecular weight excluding hydrogens is 382 g/mol. The third-order valence-electron chi connectivity index (χ3n) is 3.28. The van der Waals surface area contributed by atoms with Gasteiger partial charge in [-0.3, -0.25) is 9.69 Å². The SMILES string of the molecule is O=C(O)c1cc(C(=O)O)cc(N2C(=O)/C(=C/c3cccs3)SC2=S)c1. The molecule has 2 N–H and O–H groups in total. The molecule has 1 amide bonds. The summed E-state index contributed by atoms with van der Waals surface area (Å²) in [6.45, 7) is 0. The third-order valence-corrected chi connectivity index (χ3v) is 5.40. The first-order valence-electron chi connectivity index (χ1n) is 6.80. The first-order chi connectivity index (χ1) is 11.9. The predicted octanol–water partition coefficient (Wildman–Crippen LogP) is 3.55. The zero-order chi connectivity index (χ0) is 18.1. The van der Waals surface area contributed by atoms with E-state index in [0.717, 1.165) is 27.6 Å². The van der Waals surface area contributed by atoms with Crippen LogP contribution in [-0.2, 0) is 4.79 Å². The average Bonchev–Trinajstić information content (AvgIpc) is 3.16. The molecule has 0 saturated carbocycles. The first-order valence-corrected chi connectivity index (χ1v) is 8.90. The van der Waals surface area contributed by atoms with Gasteiger partial charge >= 0.3 is 11.9 Å². The maximum Gasteiger partial charge on any atom is 0.335 e. The fraction of sp³-hybridized carbons (Fsp3) is 0. The molecule has 3 rings (SSSR count). The number of carbonyl (C=O) groups is 3. The molecule has 1 fully saturated rings. The molecule has 0 radical (unpaired) electrons. The largest absolute Gasteiger partial charge is 0.478 e. The minimum absolute atomic E-state index is 0.120. The van der Waals surface area contributed by atoms with Gasteiger partial charge < -0.3 is 10.2 Å². The number of thioether (sulfide) groups is 1. The van der Waals surface area contributed by atoms with E-state index in [2.05, 4.69) is 0 Å². The number of hydrogen-bond donors (Lipinski definition) is 2. The van der Waals surface area contributed by atoms with Crippen LogP contribution in [-0.4, -0.2) is 32.4 Å². The van der Waals surface area contributed by atoms with Crippen LogP contribution in [0.5, 0.6) is 0 Å². The molecular formula is C16H9NO5S3. The molecule has 0 atom stereocenters. The molecule has 2 heterocycles. The molecule has 25 heavy (non-hydrogen) atoms. The highest BCUT2D eigenvalue weighted by Crippen LogP contribution is 2.37. The second kappa shape index (κ2) is 6.79. The number of rotatable bonds is 4. The number of nitrogens with zero attached hydrogens (tertiary/aromatic N) is 1. The zero-order valence-electron chi connectivity index (χ0n) is 12.3. The number of anilines is 1. The minimum atomic E-state index is -1.29. The Kier molecular flexibility index (Phi) is 4.71. The van der Waals surface area contributed by atoms with Crippen LogP contribution in [0.1, 0.15) is 25.6 Å². The molecule has 0 spiro atoms. The van der Waals surface area contributed by atoms with Crippen LogP contribution in [0.25, 0.3) is 6.08 Å². The van der Waals surface area contributed by atoms with Crippen molar-refractivity contribution in [3.05, 3.63) is 56.6 Å². The lowest BCUT2D eigenvalue weighted by Gasteiger charge is -2.16. The fourth-order valence-electron chi connectivity index (χ4n) is 2.18. The summed E-state index contributed by atoms with van der Waals surface area (Å²) in [6.07, 6.45) is 1.70. The molecule has 1 aromatic carbocycles. The number of benzene rings is 1. The Hall–Kier alpha value is -2.49. The number of thiophene rings is 1. The van der Waals surface area contributed by atoms with Gasteiger partial charge in [-0.15, -0.1) is 11.3 Å². The lowest BCUT2D eigenvalue weighted by atomic mass is 10.1. The molecule has 9 heteroatoms. The van der Waals surface area contributed by atoms with Gasteiger partial charge in [-0.05, 0) is 35.7 Å². The van der Waals surface area contributed by atoms with Crippen molar-refractivity contribution >= 4 is 69.2 Å². The van der Waals surface area contributed by atoms with E-state index in [-0.39, 0.29) is 21.1 Å². The van der Waals surface area contributed by atoms with Crippen LogP contribution >= 0.6 is 35.3 Å². The fourth-order valence-corrected chi connectivity index (χ4v) is 4.20. The lowest BCUT2D eigenvalue weighted by Crippen LogP contribution is -2.28. The minimum Gasteiger partial charge on any atom is -0.478 e. The quantitative estimate of drug-likeness (QED) is 0.608. The highest BCUT2D eigenvalue weighted by Gasteiger charge is 2.34. The van der Waals surface area contributed by atoms with Crippen LogP contribution in [0, 0.1) is 0 Å². The van der Waals surface area contributed by atoms with Gasteiger partial charge in [-0.2, -0.15) is 0 Å². The second-order valence-electron chi connectivity index (χ2n) is 4.91. The molecule has 126 valence electrons. The van der Waals surface area contributed by atoms with E-state index < -0.39 is 17.8 Å². The van der Waals surface area contributed by atoms with E-state index >= 15 is 0 Å². The van der Waals surface area contributed by atoms with Gasteiger partial charge in [0.25, 0.3) is 5.91 Å². The summed E-state index contributed by atoms with van der Waals surface area (Å²) in [5, 5.41) is 20.2. The van der Waals surface area contributed by atoms with Crippen molar-refractivity contribution in [2.75, 3.05) is 4.90 Å². The van der Waals surface area contributed by atoms with Crippen LogP contribution in [0.4, 0.5) is 5.69 Å². The average molecular weight is 391 g/mol. The summed E-state index contributed by atoms with van der Waals surface area (Å²) >= 11 is 7.77. The molecule has 0 aliphatic carbocycles. The Morgan fingerprint density at radius 3 is 2.28 bits per heavy atom.